The van der Waals surface area contributed by atoms with Crippen molar-refractivity contribution in [3.05, 3.63) is 35.4 Å². The first-order valence-electron chi connectivity index (χ1n) is 6.10. The van der Waals surface area contributed by atoms with Crippen LogP contribution in [0.3, 0.4) is 0 Å². The van der Waals surface area contributed by atoms with Crippen LogP contribution in [-0.4, -0.2) is 11.6 Å². The lowest BCUT2D eigenvalue weighted by Crippen LogP contribution is -2.33. The Balaban J connectivity index is 2.12. The summed E-state index contributed by atoms with van der Waals surface area (Å²) in [7, 11) is 0. The molecule has 0 radical (unpaired) electrons. The Morgan fingerprint density at radius 2 is 2.06 bits per heavy atom. The molecule has 0 aromatic heterocycles. The zero-order chi connectivity index (χ0) is 13.3. The summed E-state index contributed by atoms with van der Waals surface area (Å²) in [6.07, 6.45) is 0.710. The first-order valence-corrected chi connectivity index (χ1v) is 6.10. The van der Waals surface area contributed by atoms with Crippen LogP contribution < -0.4 is 11.2 Å². The van der Waals surface area contributed by atoms with E-state index in [2.05, 4.69) is 10.5 Å². The molecule has 1 amide bonds. The van der Waals surface area contributed by atoms with Crippen molar-refractivity contribution in [1.82, 2.24) is 5.43 Å². The molecule has 0 bridgehead atoms. The fourth-order valence-corrected chi connectivity index (χ4v) is 1.88. The van der Waals surface area contributed by atoms with Crippen LogP contribution in [-0.2, 0) is 11.2 Å². The van der Waals surface area contributed by atoms with Crippen molar-refractivity contribution >= 4 is 11.6 Å². The molecule has 1 atom stereocenters. The second-order valence-electron chi connectivity index (χ2n) is 5.65. The van der Waals surface area contributed by atoms with E-state index in [4.69, 9.17) is 5.73 Å². The molecule has 0 aliphatic heterocycles. The number of nitrogens with zero attached hydrogens (tertiary/aromatic N) is 1. The molecule has 1 unspecified atom stereocenters. The molecule has 18 heavy (non-hydrogen) atoms. The largest absolute Gasteiger partial charge is 0.319 e. The van der Waals surface area contributed by atoms with Gasteiger partial charge in [0.25, 0.3) is 0 Å². The van der Waals surface area contributed by atoms with E-state index in [1.807, 2.05) is 45.0 Å². The van der Waals surface area contributed by atoms with Crippen molar-refractivity contribution in [2.45, 2.75) is 33.2 Å². The molecule has 1 aromatic carbocycles. The predicted molar refractivity (Wildman–Crippen MR) is 72.1 cm³/mol. The summed E-state index contributed by atoms with van der Waals surface area (Å²) in [6.45, 7) is 5.56. The second kappa shape index (κ2) is 4.53. The van der Waals surface area contributed by atoms with Crippen LogP contribution in [0.1, 0.15) is 37.9 Å². The predicted octanol–water partition coefficient (Wildman–Crippen LogP) is 1.76. The molecule has 1 aromatic rings. The number of hydrazone groups is 1. The molecule has 0 saturated heterocycles. The minimum atomic E-state index is -0.445. The molecule has 96 valence electrons. The molecule has 1 aliphatic carbocycles. The number of hydrogen-bond donors (Lipinski definition) is 2. The van der Waals surface area contributed by atoms with Gasteiger partial charge in [-0.05, 0) is 11.1 Å². The van der Waals surface area contributed by atoms with Crippen molar-refractivity contribution in [2.24, 2.45) is 16.3 Å². The zero-order valence-electron chi connectivity index (χ0n) is 11.0. The Morgan fingerprint density at radius 1 is 1.39 bits per heavy atom. The quantitative estimate of drug-likeness (QED) is 0.740. The third kappa shape index (κ3) is 2.43. The molecule has 3 N–H and O–H groups in total. The van der Waals surface area contributed by atoms with Gasteiger partial charge in [-0.1, -0.05) is 45.0 Å². The van der Waals surface area contributed by atoms with Gasteiger partial charge in [0.2, 0.25) is 5.91 Å². The first-order chi connectivity index (χ1) is 8.39. The Hall–Kier alpha value is -1.68. The van der Waals surface area contributed by atoms with E-state index in [9.17, 15) is 4.79 Å². The molecule has 2 rings (SSSR count). The second-order valence-corrected chi connectivity index (χ2v) is 5.65. The number of nitrogens with one attached hydrogen (secondary N) is 1. The average Bonchev–Trinajstić information content (AvgIpc) is 2.63. The summed E-state index contributed by atoms with van der Waals surface area (Å²) in [5.41, 5.74) is 11.4. The van der Waals surface area contributed by atoms with Crippen molar-refractivity contribution in [3.8, 4) is 0 Å². The van der Waals surface area contributed by atoms with Crippen molar-refractivity contribution in [3.63, 3.8) is 0 Å². The van der Waals surface area contributed by atoms with E-state index in [0.29, 0.717) is 6.42 Å². The van der Waals surface area contributed by atoms with Crippen LogP contribution >= 0.6 is 0 Å². The number of nitrogens with two attached hydrogens (primary N) is 1. The Labute approximate surface area is 107 Å². The number of carbonyl (C=O) groups is 1. The lowest BCUT2D eigenvalue weighted by atomic mass is 9.96. The van der Waals surface area contributed by atoms with Crippen LogP contribution in [0.25, 0.3) is 0 Å². The van der Waals surface area contributed by atoms with E-state index in [-0.39, 0.29) is 11.9 Å². The van der Waals surface area contributed by atoms with E-state index < -0.39 is 5.41 Å². The van der Waals surface area contributed by atoms with Gasteiger partial charge in [0, 0.05) is 11.8 Å². The molecular weight excluding hydrogens is 226 g/mol. The van der Waals surface area contributed by atoms with Crippen molar-refractivity contribution < 1.29 is 4.79 Å². The summed E-state index contributed by atoms with van der Waals surface area (Å²) in [5.74, 6) is -0.0989. The number of rotatable bonds is 1. The SMILES string of the molecule is CC(C)(C)C(=O)N/N=C1/Cc2ccccc2C1N. The standard InChI is InChI=1S/C14H19N3O/c1-14(2,3)13(18)17-16-11-8-9-6-4-5-7-10(9)12(11)15/h4-7,12H,8,15H2,1-3H3,(H,17,18)/b16-11-. The summed E-state index contributed by atoms with van der Waals surface area (Å²) in [6, 6.07) is 7.80. The molecular formula is C14H19N3O. The Morgan fingerprint density at radius 3 is 2.67 bits per heavy atom. The van der Waals surface area contributed by atoms with Crippen LogP contribution in [0, 0.1) is 5.41 Å². The van der Waals surface area contributed by atoms with Crippen LogP contribution in [0.5, 0.6) is 0 Å². The van der Waals surface area contributed by atoms with Gasteiger partial charge in [-0.25, -0.2) is 5.43 Å². The maximum absolute atomic E-state index is 11.7. The Kier molecular flexibility index (Phi) is 3.22. The lowest BCUT2D eigenvalue weighted by Gasteiger charge is -2.15. The summed E-state index contributed by atoms with van der Waals surface area (Å²) in [4.78, 5) is 11.7. The minimum Gasteiger partial charge on any atom is -0.319 e. The van der Waals surface area contributed by atoms with Gasteiger partial charge in [0.15, 0.2) is 0 Å². The fraction of sp³-hybridized carbons (Fsp3) is 0.429. The van der Waals surface area contributed by atoms with E-state index >= 15 is 0 Å². The highest BCUT2D eigenvalue weighted by Gasteiger charge is 2.26. The molecule has 4 heteroatoms. The number of fused-ring (bicyclic) bond motifs is 1. The van der Waals surface area contributed by atoms with Crippen molar-refractivity contribution in [2.75, 3.05) is 0 Å². The molecule has 0 fully saturated rings. The van der Waals surface area contributed by atoms with E-state index in [1.165, 1.54) is 5.56 Å². The smallest absolute Gasteiger partial charge is 0.245 e. The summed E-state index contributed by atoms with van der Waals surface area (Å²) < 4.78 is 0. The molecule has 4 nitrogen and oxygen atoms in total. The molecule has 0 spiro atoms. The number of amides is 1. The van der Waals surface area contributed by atoms with E-state index in [0.717, 1.165) is 11.3 Å². The van der Waals surface area contributed by atoms with Gasteiger partial charge in [-0.3, -0.25) is 4.79 Å². The molecule has 0 heterocycles. The zero-order valence-corrected chi connectivity index (χ0v) is 11.0. The minimum absolute atomic E-state index is 0.0989. The van der Waals surface area contributed by atoms with Crippen LogP contribution in [0.2, 0.25) is 0 Å². The first kappa shape index (κ1) is 12.8. The maximum Gasteiger partial charge on any atom is 0.245 e. The number of benzene rings is 1. The fourth-order valence-electron chi connectivity index (χ4n) is 1.88. The lowest BCUT2D eigenvalue weighted by molar-refractivity contribution is -0.128. The molecule has 0 saturated carbocycles. The van der Waals surface area contributed by atoms with Crippen molar-refractivity contribution in [1.29, 1.82) is 0 Å². The third-order valence-electron chi connectivity index (χ3n) is 3.10. The Bertz CT molecular complexity index is 500. The topological polar surface area (TPSA) is 67.5 Å². The highest BCUT2D eigenvalue weighted by molar-refractivity contribution is 5.97. The summed E-state index contributed by atoms with van der Waals surface area (Å²) in [5, 5.41) is 4.18. The van der Waals surface area contributed by atoms with E-state index in [1.54, 1.807) is 0 Å². The van der Waals surface area contributed by atoms with Gasteiger partial charge in [-0.2, -0.15) is 5.10 Å². The summed E-state index contributed by atoms with van der Waals surface area (Å²) >= 11 is 0. The number of carbonyl (C=O) groups excluding carboxylic acids is 1. The van der Waals surface area contributed by atoms with Crippen LogP contribution in [0.15, 0.2) is 29.4 Å². The highest BCUT2D eigenvalue weighted by Crippen LogP contribution is 2.26. The highest BCUT2D eigenvalue weighted by atomic mass is 16.2. The van der Waals surface area contributed by atoms with Gasteiger partial charge < -0.3 is 5.73 Å². The normalized spacial score (nSPS) is 20.9. The van der Waals surface area contributed by atoms with Gasteiger partial charge in [-0.15, -0.1) is 0 Å². The van der Waals surface area contributed by atoms with Gasteiger partial charge in [0.05, 0.1) is 11.8 Å². The average molecular weight is 245 g/mol. The maximum atomic E-state index is 11.7. The third-order valence-corrected chi connectivity index (χ3v) is 3.10. The van der Waals surface area contributed by atoms with Crippen LogP contribution in [0.4, 0.5) is 0 Å². The van der Waals surface area contributed by atoms with Gasteiger partial charge in [0.1, 0.15) is 0 Å². The monoisotopic (exact) mass is 245 g/mol. The molecule has 1 aliphatic rings. The number of hydrogen-bond acceptors (Lipinski definition) is 3. The van der Waals surface area contributed by atoms with Gasteiger partial charge >= 0.3 is 0 Å².